The second-order valence-corrected chi connectivity index (χ2v) is 7.20. The number of aliphatic hydroxyl groups excluding tert-OH is 1. The summed E-state index contributed by atoms with van der Waals surface area (Å²) in [7, 11) is 0. The van der Waals surface area contributed by atoms with Crippen molar-refractivity contribution in [3.8, 4) is 0 Å². The van der Waals surface area contributed by atoms with Gasteiger partial charge in [-0.15, -0.1) is 0 Å². The van der Waals surface area contributed by atoms with E-state index >= 15 is 0 Å². The van der Waals surface area contributed by atoms with Crippen LogP contribution in [0.1, 0.15) is 37.7 Å². The maximum absolute atomic E-state index is 11.9. The maximum atomic E-state index is 11.9. The van der Waals surface area contributed by atoms with Crippen LogP contribution in [0, 0.1) is 5.92 Å². The molecule has 3 rings (SSSR count). The third-order valence-corrected chi connectivity index (χ3v) is 5.70. The number of nitrogens with zero attached hydrogens (tertiary/aromatic N) is 1. The fourth-order valence-electron chi connectivity index (χ4n) is 3.77. The summed E-state index contributed by atoms with van der Waals surface area (Å²) < 4.78 is 0. The van der Waals surface area contributed by atoms with Crippen LogP contribution in [0.2, 0.25) is 10.0 Å². The smallest absolute Gasteiger partial charge is 0.222 e. The van der Waals surface area contributed by atoms with Gasteiger partial charge < -0.3 is 10.0 Å². The van der Waals surface area contributed by atoms with Crippen LogP contribution in [-0.2, 0) is 11.2 Å². The number of hydrogen-bond donors (Lipinski definition) is 1. The number of benzene rings is 1. The molecule has 1 saturated heterocycles. The van der Waals surface area contributed by atoms with Crippen molar-refractivity contribution in [3.05, 3.63) is 33.8 Å². The molecular formula is C17H21Cl2NO2. The van der Waals surface area contributed by atoms with E-state index in [1.54, 1.807) is 0 Å². The Kier molecular flexibility index (Phi) is 4.96. The monoisotopic (exact) mass is 341 g/mol. The first kappa shape index (κ1) is 16.1. The molecule has 3 unspecified atom stereocenters. The highest BCUT2D eigenvalue weighted by atomic mass is 35.5. The van der Waals surface area contributed by atoms with Crippen molar-refractivity contribution in [1.82, 2.24) is 4.90 Å². The van der Waals surface area contributed by atoms with E-state index in [1.807, 2.05) is 23.1 Å². The summed E-state index contributed by atoms with van der Waals surface area (Å²) in [5.41, 5.74) is 0.906. The number of halogens is 2. The summed E-state index contributed by atoms with van der Waals surface area (Å²) in [6.07, 6.45) is 4.40. The molecule has 3 atom stereocenters. The standard InChI is InChI=1S/C17H21Cl2NO2/c18-14-3-1-4-15(19)13(14)10-11-9-12(6-7-16(11)21)20-8-2-5-17(20)22/h1,3-4,11-12,16,21H,2,5-10H2. The number of carbonyl (C=O) groups is 1. The van der Waals surface area contributed by atoms with Crippen molar-refractivity contribution < 1.29 is 9.90 Å². The largest absolute Gasteiger partial charge is 0.393 e. The Morgan fingerprint density at radius 3 is 2.59 bits per heavy atom. The van der Waals surface area contributed by atoms with Gasteiger partial charge in [0.15, 0.2) is 0 Å². The average molecular weight is 342 g/mol. The Bertz CT molecular complexity index is 543. The number of amides is 1. The molecular weight excluding hydrogens is 321 g/mol. The van der Waals surface area contributed by atoms with Crippen molar-refractivity contribution in [3.63, 3.8) is 0 Å². The first-order valence-corrected chi connectivity index (χ1v) is 8.72. The first-order valence-electron chi connectivity index (χ1n) is 7.96. The molecule has 3 nitrogen and oxygen atoms in total. The fraction of sp³-hybridized carbons (Fsp3) is 0.588. The van der Waals surface area contributed by atoms with Crippen LogP contribution in [-0.4, -0.2) is 34.6 Å². The van der Waals surface area contributed by atoms with Crippen molar-refractivity contribution in [2.75, 3.05) is 6.54 Å². The lowest BCUT2D eigenvalue weighted by Gasteiger charge is -2.38. The number of carbonyl (C=O) groups excluding carboxylic acids is 1. The van der Waals surface area contributed by atoms with Crippen molar-refractivity contribution >= 4 is 29.1 Å². The van der Waals surface area contributed by atoms with Crippen LogP contribution >= 0.6 is 23.2 Å². The average Bonchev–Trinajstić information content (AvgIpc) is 2.91. The lowest BCUT2D eigenvalue weighted by atomic mass is 9.79. The Balaban J connectivity index is 1.73. The van der Waals surface area contributed by atoms with Crippen LogP contribution in [0.3, 0.4) is 0 Å². The zero-order valence-corrected chi connectivity index (χ0v) is 14.0. The summed E-state index contributed by atoms with van der Waals surface area (Å²) >= 11 is 12.5. The molecule has 1 heterocycles. The minimum atomic E-state index is -0.346. The molecule has 1 aromatic rings. The Morgan fingerprint density at radius 2 is 1.95 bits per heavy atom. The quantitative estimate of drug-likeness (QED) is 0.910. The Morgan fingerprint density at radius 1 is 1.23 bits per heavy atom. The van der Waals surface area contributed by atoms with Gasteiger partial charge in [0.05, 0.1) is 6.10 Å². The molecule has 1 N–H and O–H groups in total. The van der Waals surface area contributed by atoms with Crippen molar-refractivity contribution in [2.24, 2.45) is 5.92 Å². The van der Waals surface area contributed by atoms with Crippen molar-refractivity contribution in [2.45, 2.75) is 50.7 Å². The van der Waals surface area contributed by atoms with Gasteiger partial charge in [-0.2, -0.15) is 0 Å². The highest BCUT2D eigenvalue weighted by molar-refractivity contribution is 6.35. The van der Waals surface area contributed by atoms with E-state index in [1.165, 1.54) is 0 Å². The van der Waals surface area contributed by atoms with E-state index in [9.17, 15) is 9.90 Å². The SMILES string of the molecule is O=C1CCCN1C1CCC(O)C(Cc2c(Cl)cccc2Cl)C1. The van der Waals surface area contributed by atoms with E-state index in [2.05, 4.69) is 0 Å². The molecule has 1 aliphatic carbocycles. The molecule has 2 aliphatic rings. The molecule has 0 radical (unpaired) electrons. The second-order valence-electron chi connectivity index (χ2n) is 6.39. The molecule has 120 valence electrons. The highest BCUT2D eigenvalue weighted by Gasteiger charge is 2.36. The van der Waals surface area contributed by atoms with Gasteiger partial charge in [-0.1, -0.05) is 29.3 Å². The highest BCUT2D eigenvalue weighted by Crippen LogP contribution is 2.35. The lowest BCUT2D eigenvalue weighted by Crippen LogP contribution is -2.43. The third-order valence-electron chi connectivity index (χ3n) is 4.99. The number of likely N-dealkylation sites (tertiary alicyclic amines) is 1. The molecule has 1 aromatic carbocycles. The lowest BCUT2D eigenvalue weighted by molar-refractivity contribution is -0.131. The summed E-state index contributed by atoms with van der Waals surface area (Å²) in [4.78, 5) is 14.0. The molecule has 5 heteroatoms. The molecule has 0 bridgehead atoms. The summed E-state index contributed by atoms with van der Waals surface area (Å²) in [5, 5.41) is 11.7. The van der Waals surface area contributed by atoms with Crippen LogP contribution in [0.4, 0.5) is 0 Å². The zero-order chi connectivity index (χ0) is 15.7. The van der Waals surface area contributed by atoms with E-state index < -0.39 is 0 Å². The third kappa shape index (κ3) is 3.27. The van der Waals surface area contributed by atoms with Gasteiger partial charge in [0.2, 0.25) is 5.91 Å². The van der Waals surface area contributed by atoms with Gasteiger partial charge in [-0.05, 0) is 55.7 Å². The molecule has 2 fully saturated rings. The predicted octanol–water partition coefficient (Wildman–Crippen LogP) is 3.69. The van der Waals surface area contributed by atoms with Gasteiger partial charge in [-0.3, -0.25) is 4.79 Å². The minimum absolute atomic E-state index is 0.101. The van der Waals surface area contributed by atoms with Crippen LogP contribution in [0.25, 0.3) is 0 Å². The van der Waals surface area contributed by atoms with Gasteiger partial charge in [0.1, 0.15) is 0 Å². The summed E-state index contributed by atoms with van der Waals surface area (Å²) in [5.74, 6) is 0.362. The van der Waals surface area contributed by atoms with E-state index in [0.29, 0.717) is 22.9 Å². The van der Waals surface area contributed by atoms with Crippen LogP contribution < -0.4 is 0 Å². The van der Waals surface area contributed by atoms with E-state index in [-0.39, 0.29) is 24.0 Å². The predicted molar refractivity (Wildman–Crippen MR) is 88.2 cm³/mol. The summed E-state index contributed by atoms with van der Waals surface area (Å²) in [6, 6.07) is 5.75. The molecule has 1 aliphatic heterocycles. The fourth-order valence-corrected chi connectivity index (χ4v) is 4.32. The van der Waals surface area contributed by atoms with Crippen molar-refractivity contribution in [1.29, 1.82) is 0 Å². The minimum Gasteiger partial charge on any atom is -0.393 e. The number of aliphatic hydroxyl groups is 1. The van der Waals surface area contributed by atoms with Gasteiger partial charge in [0, 0.05) is 29.1 Å². The van der Waals surface area contributed by atoms with Gasteiger partial charge in [-0.25, -0.2) is 0 Å². The normalized spacial score (nSPS) is 29.1. The number of rotatable bonds is 3. The van der Waals surface area contributed by atoms with Crippen LogP contribution in [0.5, 0.6) is 0 Å². The van der Waals surface area contributed by atoms with E-state index in [4.69, 9.17) is 23.2 Å². The molecule has 1 amide bonds. The maximum Gasteiger partial charge on any atom is 0.222 e. The molecule has 1 saturated carbocycles. The zero-order valence-electron chi connectivity index (χ0n) is 12.5. The van der Waals surface area contributed by atoms with E-state index in [0.717, 1.165) is 37.8 Å². The molecule has 0 aromatic heterocycles. The molecule has 0 spiro atoms. The first-order chi connectivity index (χ1) is 10.6. The van der Waals surface area contributed by atoms with Gasteiger partial charge in [0.25, 0.3) is 0 Å². The van der Waals surface area contributed by atoms with Crippen LogP contribution in [0.15, 0.2) is 18.2 Å². The number of hydrogen-bond acceptors (Lipinski definition) is 2. The second kappa shape index (κ2) is 6.77. The summed E-state index contributed by atoms with van der Waals surface area (Å²) in [6.45, 7) is 0.860. The Labute approximate surface area is 141 Å². The Hall–Kier alpha value is -0.770. The topological polar surface area (TPSA) is 40.5 Å². The molecule has 22 heavy (non-hydrogen) atoms. The van der Waals surface area contributed by atoms with Gasteiger partial charge >= 0.3 is 0 Å².